The van der Waals surface area contributed by atoms with Crippen molar-refractivity contribution in [1.29, 1.82) is 0 Å². The van der Waals surface area contributed by atoms with Gasteiger partial charge >= 0.3 is 0 Å². The number of nitrogens with zero attached hydrogens (tertiary/aromatic N) is 1. The van der Waals surface area contributed by atoms with Gasteiger partial charge in [0, 0.05) is 11.7 Å². The topological polar surface area (TPSA) is 24.9 Å². The summed E-state index contributed by atoms with van der Waals surface area (Å²) in [7, 11) is 0. The van der Waals surface area contributed by atoms with E-state index >= 15 is 0 Å². The molecule has 0 aliphatic carbocycles. The third-order valence-electron chi connectivity index (χ3n) is 2.97. The fourth-order valence-corrected chi connectivity index (χ4v) is 1.95. The van der Waals surface area contributed by atoms with Crippen molar-refractivity contribution in [3.8, 4) is 0 Å². The van der Waals surface area contributed by atoms with Crippen molar-refractivity contribution in [3.63, 3.8) is 0 Å². The predicted molar refractivity (Wildman–Crippen MR) is 75.5 cm³/mol. The van der Waals surface area contributed by atoms with Gasteiger partial charge in [-0.05, 0) is 37.3 Å². The first kappa shape index (κ1) is 14.0. The first-order valence-electron chi connectivity index (χ1n) is 6.49. The molecule has 1 heterocycles. The van der Waals surface area contributed by atoms with Crippen LogP contribution in [0.4, 0.5) is 5.82 Å². The second kappa shape index (κ2) is 5.07. The smallest absolute Gasteiger partial charge is 0.126 e. The van der Waals surface area contributed by atoms with Crippen LogP contribution in [-0.2, 0) is 5.41 Å². The van der Waals surface area contributed by atoms with Gasteiger partial charge in [-0.2, -0.15) is 0 Å². The summed E-state index contributed by atoms with van der Waals surface area (Å²) < 4.78 is 0. The van der Waals surface area contributed by atoms with Crippen LogP contribution in [0, 0.1) is 0 Å². The second-order valence-corrected chi connectivity index (χ2v) is 6.44. The number of hydrogen-bond acceptors (Lipinski definition) is 2. The number of aromatic nitrogens is 1. The van der Waals surface area contributed by atoms with Crippen LogP contribution in [0.25, 0.3) is 0 Å². The van der Waals surface area contributed by atoms with Gasteiger partial charge < -0.3 is 5.32 Å². The van der Waals surface area contributed by atoms with E-state index in [1.165, 1.54) is 12.0 Å². The van der Waals surface area contributed by atoms with Crippen molar-refractivity contribution in [2.75, 3.05) is 5.32 Å². The van der Waals surface area contributed by atoms with Gasteiger partial charge in [0.1, 0.15) is 5.82 Å². The summed E-state index contributed by atoms with van der Waals surface area (Å²) in [5.41, 5.74) is 1.56. The van der Waals surface area contributed by atoms with E-state index in [-0.39, 0.29) is 11.0 Å². The normalized spacial score (nSPS) is 12.6. The number of anilines is 1. The maximum atomic E-state index is 4.50. The van der Waals surface area contributed by atoms with E-state index in [9.17, 15) is 0 Å². The van der Waals surface area contributed by atoms with Crippen LogP contribution < -0.4 is 5.32 Å². The van der Waals surface area contributed by atoms with E-state index < -0.39 is 0 Å². The van der Waals surface area contributed by atoms with E-state index in [4.69, 9.17) is 0 Å². The highest BCUT2D eigenvalue weighted by atomic mass is 15.0. The summed E-state index contributed by atoms with van der Waals surface area (Å²) in [5, 5.41) is 3.49. The van der Waals surface area contributed by atoms with Gasteiger partial charge in [0.05, 0.1) is 0 Å². The fraction of sp³-hybridized carbons (Fsp3) is 0.667. The number of nitrogens with one attached hydrogen (secondary N) is 1. The van der Waals surface area contributed by atoms with E-state index in [1.807, 2.05) is 6.20 Å². The first-order chi connectivity index (χ1) is 7.74. The van der Waals surface area contributed by atoms with Crippen LogP contribution in [0.5, 0.6) is 0 Å². The summed E-state index contributed by atoms with van der Waals surface area (Å²) in [5.74, 6) is 0.969. The third kappa shape index (κ3) is 4.37. The lowest BCUT2D eigenvalue weighted by Crippen LogP contribution is -2.30. The number of pyridine rings is 1. The summed E-state index contributed by atoms with van der Waals surface area (Å²) in [6.07, 6.45) is 4.31. The summed E-state index contributed by atoms with van der Waals surface area (Å²) in [6.45, 7) is 13.3. The maximum absolute atomic E-state index is 4.50. The molecule has 0 saturated heterocycles. The second-order valence-electron chi connectivity index (χ2n) is 6.44. The highest BCUT2D eigenvalue weighted by Crippen LogP contribution is 2.23. The molecule has 1 rings (SSSR count). The third-order valence-corrected chi connectivity index (χ3v) is 2.97. The molecule has 0 aromatic carbocycles. The minimum absolute atomic E-state index is 0.116. The van der Waals surface area contributed by atoms with Gasteiger partial charge in [-0.3, -0.25) is 0 Å². The summed E-state index contributed by atoms with van der Waals surface area (Å²) in [6, 6.07) is 4.25. The average Bonchev–Trinajstić information content (AvgIpc) is 2.16. The molecule has 0 spiro atoms. The molecule has 96 valence electrons. The van der Waals surface area contributed by atoms with E-state index in [0.717, 1.165) is 12.2 Å². The average molecular weight is 234 g/mol. The van der Waals surface area contributed by atoms with Gasteiger partial charge in [0.15, 0.2) is 0 Å². The van der Waals surface area contributed by atoms with Crippen molar-refractivity contribution in [1.82, 2.24) is 4.98 Å². The number of hydrogen-bond donors (Lipinski definition) is 1. The first-order valence-corrected chi connectivity index (χ1v) is 6.49. The molecular formula is C15H26N2. The maximum Gasteiger partial charge on any atom is 0.126 e. The Morgan fingerprint density at radius 2 is 1.76 bits per heavy atom. The molecule has 1 aromatic rings. The molecule has 1 N–H and O–H groups in total. The molecule has 17 heavy (non-hydrogen) atoms. The van der Waals surface area contributed by atoms with Gasteiger partial charge in [0.2, 0.25) is 0 Å². The molecule has 0 unspecified atom stereocenters. The predicted octanol–water partition coefficient (Wildman–Crippen LogP) is 4.37. The van der Waals surface area contributed by atoms with Crippen molar-refractivity contribution in [2.24, 2.45) is 0 Å². The van der Waals surface area contributed by atoms with Crippen LogP contribution in [-0.4, -0.2) is 10.5 Å². The highest BCUT2D eigenvalue weighted by molar-refractivity contribution is 5.39. The van der Waals surface area contributed by atoms with E-state index in [0.29, 0.717) is 0 Å². The van der Waals surface area contributed by atoms with Crippen LogP contribution in [0.15, 0.2) is 18.3 Å². The molecule has 2 heteroatoms. The minimum Gasteiger partial charge on any atom is -0.365 e. The molecule has 0 radical (unpaired) electrons. The van der Waals surface area contributed by atoms with Crippen molar-refractivity contribution in [3.05, 3.63) is 23.9 Å². The quantitative estimate of drug-likeness (QED) is 0.836. The lowest BCUT2D eigenvalue weighted by molar-refractivity contribution is 0.508. The zero-order chi connectivity index (χ0) is 13.1. The van der Waals surface area contributed by atoms with E-state index in [2.05, 4.69) is 64.0 Å². The molecule has 0 aliphatic rings. The van der Waals surface area contributed by atoms with Crippen molar-refractivity contribution in [2.45, 2.75) is 65.3 Å². The van der Waals surface area contributed by atoms with Crippen molar-refractivity contribution >= 4 is 5.82 Å². The fourth-order valence-electron chi connectivity index (χ4n) is 1.95. The summed E-state index contributed by atoms with van der Waals surface area (Å²) >= 11 is 0. The monoisotopic (exact) mass is 234 g/mol. The largest absolute Gasteiger partial charge is 0.365 e. The highest BCUT2D eigenvalue weighted by Gasteiger charge is 2.17. The van der Waals surface area contributed by atoms with Gasteiger partial charge in [-0.1, -0.05) is 40.2 Å². The van der Waals surface area contributed by atoms with Crippen LogP contribution in [0.2, 0.25) is 0 Å². The zero-order valence-corrected chi connectivity index (χ0v) is 12.1. The zero-order valence-electron chi connectivity index (χ0n) is 12.1. The Bertz CT molecular complexity index is 344. The lowest BCUT2D eigenvalue weighted by Gasteiger charge is -2.27. The van der Waals surface area contributed by atoms with Crippen molar-refractivity contribution < 1.29 is 0 Å². The van der Waals surface area contributed by atoms with Crippen LogP contribution >= 0.6 is 0 Å². The molecule has 0 amide bonds. The molecule has 0 fully saturated rings. The summed E-state index contributed by atoms with van der Waals surface area (Å²) in [4.78, 5) is 4.50. The van der Waals surface area contributed by atoms with E-state index in [1.54, 1.807) is 0 Å². The van der Waals surface area contributed by atoms with Gasteiger partial charge in [0.25, 0.3) is 0 Å². The molecule has 2 nitrogen and oxygen atoms in total. The van der Waals surface area contributed by atoms with Crippen LogP contribution in [0.3, 0.4) is 0 Å². The van der Waals surface area contributed by atoms with Gasteiger partial charge in [-0.25, -0.2) is 4.98 Å². The Labute approximate surface area is 106 Å². The Balaban J connectivity index is 2.75. The molecular weight excluding hydrogens is 208 g/mol. The Kier molecular flexibility index (Phi) is 4.18. The standard InChI is InChI=1S/C15H26N2/c1-7-10-15(5,6)17-13-9-8-12(11-16-13)14(2,3)4/h8-9,11H,7,10H2,1-6H3,(H,16,17). The Morgan fingerprint density at radius 1 is 1.12 bits per heavy atom. The van der Waals surface area contributed by atoms with Gasteiger partial charge in [-0.15, -0.1) is 0 Å². The Hall–Kier alpha value is -1.05. The molecule has 0 atom stereocenters. The SMILES string of the molecule is CCCC(C)(C)Nc1ccc(C(C)(C)C)cn1. The van der Waals surface area contributed by atoms with Crippen LogP contribution in [0.1, 0.15) is 59.9 Å². The minimum atomic E-state index is 0.116. The molecule has 0 saturated carbocycles. The molecule has 0 aliphatic heterocycles. The number of rotatable bonds is 4. The lowest BCUT2D eigenvalue weighted by atomic mass is 9.88. The molecule has 1 aromatic heterocycles. The Morgan fingerprint density at radius 3 is 2.18 bits per heavy atom. The molecule has 0 bridgehead atoms.